The van der Waals surface area contributed by atoms with Crippen molar-refractivity contribution in [2.45, 2.75) is 11.8 Å². The zero-order valence-electron chi connectivity index (χ0n) is 10.5. The zero-order chi connectivity index (χ0) is 14.9. The van der Waals surface area contributed by atoms with Gasteiger partial charge in [-0.25, -0.2) is 8.42 Å². The lowest BCUT2D eigenvalue weighted by molar-refractivity contribution is 0.601. The van der Waals surface area contributed by atoms with Crippen molar-refractivity contribution in [2.24, 2.45) is 0 Å². The number of rotatable bonds is 3. The second-order valence-electron chi connectivity index (χ2n) is 4.25. The second-order valence-corrected chi connectivity index (χ2v) is 7.64. The Morgan fingerprint density at radius 1 is 1.05 bits per heavy atom. The van der Waals surface area contributed by atoms with Crippen LogP contribution in [0.25, 0.3) is 0 Å². The minimum atomic E-state index is -3.63. The number of hydrogen-bond acceptors (Lipinski definition) is 3. The molecule has 0 radical (unpaired) electrons. The number of benzene rings is 2. The van der Waals surface area contributed by atoms with Crippen LogP contribution in [0.15, 0.2) is 50.2 Å². The number of nitrogens with two attached hydrogens (primary N) is 1. The summed E-state index contributed by atoms with van der Waals surface area (Å²) < 4.78 is 28.6. The molecule has 2 rings (SSSR count). The number of aryl methyl sites for hydroxylation is 1. The van der Waals surface area contributed by atoms with Crippen LogP contribution in [0.3, 0.4) is 0 Å². The molecule has 106 valence electrons. The van der Waals surface area contributed by atoms with Gasteiger partial charge in [0.25, 0.3) is 10.0 Å². The van der Waals surface area contributed by atoms with Crippen LogP contribution in [0.5, 0.6) is 0 Å². The van der Waals surface area contributed by atoms with Crippen LogP contribution in [0.2, 0.25) is 0 Å². The summed E-state index contributed by atoms with van der Waals surface area (Å²) in [5, 5.41) is 0. The molecule has 0 atom stereocenters. The highest BCUT2D eigenvalue weighted by Crippen LogP contribution is 2.26. The zero-order valence-corrected chi connectivity index (χ0v) is 14.5. The first-order valence-corrected chi connectivity index (χ1v) is 8.70. The third-order valence-electron chi connectivity index (χ3n) is 2.69. The van der Waals surface area contributed by atoms with Gasteiger partial charge in [-0.2, -0.15) is 0 Å². The number of anilines is 2. The number of nitrogen functional groups attached to an aromatic ring is 1. The molecule has 20 heavy (non-hydrogen) atoms. The molecule has 7 heteroatoms. The van der Waals surface area contributed by atoms with Gasteiger partial charge in [0.2, 0.25) is 0 Å². The Labute approximate surface area is 134 Å². The van der Waals surface area contributed by atoms with Gasteiger partial charge in [0.15, 0.2) is 0 Å². The smallest absolute Gasteiger partial charge is 0.261 e. The summed E-state index contributed by atoms with van der Waals surface area (Å²) in [6.07, 6.45) is 0. The van der Waals surface area contributed by atoms with Crippen molar-refractivity contribution >= 4 is 53.3 Å². The van der Waals surface area contributed by atoms with Crippen LogP contribution in [-0.4, -0.2) is 8.42 Å². The average Bonchev–Trinajstić information content (AvgIpc) is 2.37. The Kier molecular flexibility index (Phi) is 4.41. The van der Waals surface area contributed by atoms with E-state index in [1.165, 1.54) is 12.1 Å². The molecule has 0 amide bonds. The van der Waals surface area contributed by atoms with Gasteiger partial charge in [0.1, 0.15) is 0 Å². The minimum Gasteiger partial charge on any atom is -0.398 e. The lowest BCUT2D eigenvalue weighted by atomic mass is 10.2. The van der Waals surface area contributed by atoms with E-state index in [9.17, 15) is 8.42 Å². The first-order valence-electron chi connectivity index (χ1n) is 5.63. The van der Waals surface area contributed by atoms with E-state index in [2.05, 4.69) is 36.6 Å². The van der Waals surface area contributed by atoms with Crippen LogP contribution >= 0.6 is 31.9 Å². The standard InChI is InChI=1S/C13H12Br2N2O2S/c1-8-6-9(2-4-11(8)14)17-20(18,19)10-3-5-13(16)12(15)7-10/h2-7,17H,16H2,1H3. The molecule has 4 nitrogen and oxygen atoms in total. The molecule has 0 spiro atoms. The Balaban J connectivity index is 2.35. The van der Waals surface area contributed by atoms with Crippen molar-refractivity contribution in [2.75, 3.05) is 10.5 Å². The number of nitrogens with one attached hydrogen (secondary N) is 1. The quantitative estimate of drug-likeness (QED) is 0.741. The molecule has 0 aliphatic carbocycles. The van der Waals surface area contributed by atoms with Crippen LogP contribution < -0.4 is 10.5 Å². The normalized spacial score (nSPS) is 11.3. The second kappa shape index (κ2) is 5.75. The monoisotopic (exact) mass is 418 g/mol. The fourth-order valence-corrected chi connectivity index (χ4v) is 3.45. The van der Waals surface area contributed by atoms with Crippen LogP contribution in [0, 0.1) is 6.92 Å². The molecule has 3 N–H and O–H groups in total. The van der Waals surface area contributed by atoms with Crippen molar-refractivity contribution in [1.82, 2.24) is 0 Å². The first-order chi connectivity index (χ1) is 9.29. The first kappa shape index (κ1) is 15.3. The third-order valence-corrected chi connectivity index (χ3v) is 5.65. The van der Waals surface area contributed by atoms with E-state index in [1.807, 2.05) is 6.92 Å². The van der Waals surface area contributed by atoms with Crippen molar-refractivity contribution in [3.63, 3.8) is 0 Å². The van der Waals surface area contributed by atoms with Crippen molar-refractivity contribution in [1.29, 1.82) is 0 Å². The predicted molar refractivity (Wildman–Crippen MR) is 88.2 cm³/mol. The Morgan fingerprint density at radius 2 is 1.75 bits per heavy atom. The van der Waals surface area contributed by atoms with Gasteiger partial charge in [-0.05, 0) is 64.8 Å². The minimum absolute atomic E-state index is 0.152. The Hall–Kier alpha value is -1.05. The maximum atomic E-state index is 12.3. The Bertz CT molecular complexity index is 761. The highest BCUT2D eigenvalue weighted by molar-refractivity contribution is 9.10. The molecule has 0 aliphatic heterocycles. The number of sulfonamides is 1. The van der Waals surface area contributed by atoms with E-state index < -0.39 is 10.0 Å². The van der Waals surface area contributed by atoms with Gasteiger partial charge < -0.3 is 5.73 Å². The molecule has 0 aromatic heterocycles. The molecule has 2 aromatic carbocycles. The van der Waals surface area contributed by atoms with Crippen LogP contribution in [-0.2, 0) is 10.0 Å². The summed E-state index contributed by atoms with van der Waals surface area (Å²) in [7, 11) is -3.63. The fourth-order valence-electron chi connectivity index (χ4n) is 1.60. The number of halogens is 2. The molecular weight excluding hydrogens is 408 g/mol. The molecule has 0 unspecified atom stereocenters. The maximum absolute atomic E-state index is 12.3. The topological polar surface area (TPSA) is 72.2 Å². The van der Waals surface area contributed by atoms with Crippen molar-refractivity contribution < 1.29 is 8.42 Å². The van der Waals surface area contributed by atoms with Gasteiger partial charge in [-0.15, -0.1) is 0 Å². The predicted octanol–water partition coefficient (Wildman–Crippen LogP) is 3.90. The van der Waals surface area contributed by atoms with E-state index >= 15 is 0 Å². The van der Waals surface area contributed by atoms with Crippen molar-refractivity contribution in [3.05, 3.63) is 50.9 Å². The van der Waals surface area contributed by atoms with E-state index in [4.69, 9.17) is 5.73 Å². The van der Waals surface area contributed by atoms with E-state index in [0.717, 1.165) is 10.0 Å². The van der Waals surface area contributed by atoms with E-state index in [0.29, 0.717) is 15.8 Å². The van der Waals surface area contributed by atoms with Crippen molar-refractivity contribution in [3.8, 4) is 0 Å². The average molecular weight is 420 g/mol. The molecule has 2 aromatic rings. The number of hydrogen-bond donors (Lipinski definition) is 2. The summed E-state index contributed by atoms with van der Waals surface area (Å²) in [6, 6.07) is 9.74. The molecule has 0 fully saturated rings. The van der Waals surface area contributed by atoms with E-state index in [1.54, 1.807) is 24.3 Å². The summed E-state index contributed by atoms with van der Waals surface area (Å²) >= 11 is 6.60. The third kappa shape index (κ3) is 3.34. The Morgan fingerprint density at radius 3 is 2.35 bits per heavy atom. The van der Waals surface area contributed by atoms with Gasteiger partial charge in [0, 0.05) is 20.3 Å². The molecule has 0 heterocycles. The summed E-state index contributed by atoms with van der Waals surface area (Å²) in [4.78, 5) is 0.152. The summed E-state index contributed by atoms with van der Waals surface area (Å²) in [6.45, 7) is 1.89. The van der Waals surface area contributed by atoms with Gasteiger partial charge >= 0.3 is 0 Å². The van der Waals surface area contributed by atoms with E-state index in [-0.39, 0.29) is 4.90 Å². The largest absolute Gasteiger partial charge is 0.398 e. The lowest BCUT2D eigenvalue weighted by Gasteiger charge is -2.10. The summed E-state index contributed by atoms with van der Waals surface area (Å²) in [5.74, 6) is 0. The van der Waals surface area contributed by atoms with Gasteiger partial charge in [0.05, 0.1) is 4.90 Å². The fraction of sp³-hybridized carbons (Fsp3) is 0.0769. The lowest BCUT2D eigenvalue weighted by Crippen LogP contribution is -2.13. The van der Waals surface area contributed by atoms with Crippen LogP contribution in [0.1, 0.15) is 5.56 Å². The molecule has 0 bridgehead atoms. The summed E-state index contributed by atoms with van der Waals surface area (Å²) in [5.41, 5.74) is 7.60. The molecule has 0 saturated carbocycles. The highest BCUT2D eigenvalue weighted by atomic mass is 79.9. The highest BCUT2D eigenvalue weighted by Gasteiger charge is 2.15. The molecule has 0 saturated heterocycles. The SMILES string of the molecule is Cc1cc(NS(=O)(=O)c2ccc(N)c(Br)c2)ccc1Br. The van der Waals surface area contributed by atoms with Gasteiger partial charge in [-0.3, -0.25) is 4.72 Å². The van der Waals surface area contributed by atoms with Gasteiger partial charge in [-0.1, -0.05) is 15.9 Å². The molecular formula is C13H12Br2N2O2S. The molecule has 0 aliphatic rings. The maximum Gasteiger partial charge on any atom is 0.261 e. The van der Waals surface area contributed by atoms with Crippen LogP contribution in [0.4, 0.5) is 11.4 Å².